The fourth-order valence-electron chi connectivity index (χ4n) is 3.01. The van der Waals surface area contributed by atoms with Crippen LogP contribution in [0.15, 0.2) is 18.2 Å². The van der Waals surface area contributed by atoms with E-state index in [0.29, 0.717) is 28.4 Å². The molecule has 0 saturated carbocycles. The van der Waals surface area contributed by atoms with Gasteiger partial charge in [0.05, 0.1) is 16.5 Å². The SMILES string of the molecule is CCN(C(=O)c1[nH]c2ccc(Cl)cc2c1Cl)C1CCS(=O)(=O)C1. The van der Waals surface area contributed by atoms with Crippen LogP contribution in [-0.2, 0) is 9.84 Å². The Hall–Kier alpha value is -1.24. The lowest BCUT2D eigenvalue weighted by Crippen LogP contribution is -2.41. The highest BCUT2D eigenvalue weighted by molar-refractivity contribution is 7.91. The zero-order valence-electron chi connectivity index (χ0n) is 12.5. The van der Waals surface area contributed by atoms with Gasteiger partial charge in [-0.1, -0.05) is 23.2 Å². The van der Waals surface area contributed by atoms with Gasteiger partial charge in [0, 0.05) is 28.5 Å². The molecule has 1 atom stereocenters. The van der Waals surface area contributed by atoms with Gasteiger partial charge in [0.1, 0.15) is 5.69 Å². The van der Waals surface area contributed by atoms with Crippen molar-refractivity contribution in [1.82, 2.24) is 9.88 Å². The molecule has 2 heterocycles. The molecule has 8 heteroatoms. The van der Waals surface area contributed by atoms with Crippen LogP contribution in [0.3, 0.4) is 0 Å². The van der Waals surface area contributed by atoms with Crippen molar-refractivity contribution in [3.8, 4) is 0 Å². The minimum absolute atomic E-state index is 0.0102. The first kappa shape index (κ1) is 16.6. The largest absolute Gasteiger partial charge is 0.349 e. The highest BCUT2D eigenvalue weighted by Crippen LogP contribution is 2.31. The quantitative estimate of drug-likeness (QED) is 0.896. The lowest BCUT2D eigenvalue weighted by Gasteiger charge is -2.26. The summed E-state index contributed by atoms with van der Waals surface area (Å²) < 4.78 is 23.4. The van der Waals surface area contributed by atoms with Gasteiger partial charge in [0.25, 0.3) is 5.91 Å². The Morgan fingerprint density at radius 3 is 2.74 bits per heavy atom. The fraction of sp³-hybridized carbons (Fsp3) is 0.400. The summed E-state index contributed by atoms with van der Waals surface area (Å²) in [6.45, 7) is 2.25. The van der Waals surface area contributed by atoms with Gasteiger partial charge in [-0.05, 0) is 31.5 Å². The third kappa shape index (κ3) is 3.07. The molecule has 3 rings (SSSR count). The molecule has 1 saturated heterocycles. The molecule has 1 aliphatic rings. The molecule has 1 aliphatic heterocycles. The number of amides is 1. The first-order valence-corrected chi connectivity index (χ1v) is 9.88. The van der Waals surface area contributed by atoms with Gasteiger partial charge in [0.15, 0.2) is 9.84 Å². The average molecular weight is 375 g/mol. The molecule has 2 aromatic rings. The number of hydrogen-bond donors (Lipinski definition) is 1. The number of rotatable bonds is 3. The van der Waals surface area contributed by atoms with Crippen molar-refractivity contribution in [2.45, 2.75) is 19.4 Å². The molecule has 1 unspecified atom stereocenters. The number of aromatic amines is 1. The van der Waals surface area contributed by atoms with Crippen molar-refractivity contribution in [3.63, 3.8) is 0 Å². The molecule has 0 aliphatic carbocycles. The van der Waals surface area contributed by atoms with E-state index in [9.17, 15) is 13.2 Å². The van der Waals surface area contributed by atoms with E-state index >= 15 is 0 Å². The monoisotopic (exact) mass is 374 g/mol. The summed E-state index contributed by atoms with van der Waals surface area (Å²) in [5.41, 5.74) is 0.993. The van der Waals surface area contributed by atoms with Crippen molar-refractivity contribution in [1.29, 1.82) is 0 Å². The van der Waals surface area contributed by atoms with Gasteiger partial charge in [0.2, 0.25) is 0 Å². The Bertz CT molecular complexity index is 876. The van der Waals surface area contributed by atoms with Crippen LogP contribution in [0.1, 0.15) is 23.8 Å². The van der Waals surface area contributed by atoms with Crippen LogP contribution in [-0.4, -0.2) is 48.3 Å². The number of carbonyl (C=O) groups excluding carboxylic acids is 1. The zero-order chi connectivity index (χ0) is 16.8. The van der Waals surface area contributed by atoms with E-state index in [1.807, 2.05) is 6.92 Å². The summed E-state index contributed by atoms with van der Waals surface area (Å²) in [5, 5.41) is 1.52. The van der Waals surface area contributed by atoms with Gasteiger partial charge in [-0.25, -0.2) is 8.42 Å². The van der Waals surface area contributed by atoms with Gasteiger partial charge in [-0.15, -0.1) is 0 Å². The predicted molar refractivity (Wildman–Crippen MR) is 92.1 cm³/mol. The number of nitrogens with zero attached hydrogens (tertiary/aromatic N) is 1. The molecular formula is C15H16Cl2N2O3S. The summed E-state index contributed by atoms with van der Waals surface area (Å²) in [4.78, 5) is 17.4. The summed E-state index contributed by atoms with van der Waals surface area (Å²) >= 11 is 12.3. The topological polar surface area (TPSA) is 70.2 Å². The fourth-order valence-corrected chi connectivity index (χ4v) is 5.20. The van der Waals surface area contributed by atoms with Gasteiger partial charge in [-0.3, -0.25) is 4.79 Å². The molecule has 1 aromatic carbocycles. The number of fused-ring (bicyclic) bond motifs is 1. The van der Waals surface area contributed by atoms with Crippen LogP contribution in [0.4, 0.5) is 0 Å². The Morgan fingerprint density at radius 2 is 2.13 bits per heavy atom. The van der Waals surface area contributed by atoms with Crippen LogP contribution >= 0.6 is 23.2 Å². The summed E-state index contributed by atoms with van der Waals surface area (Å²) in [7, 11) is -3.06. The first-order chi connectivity index (χ1) is 10.8. The standard InChI is InChI=1S/C15H16Cl2N2O3S/c1-2-19(10-5-6-23(21,22)8-10)15(20)14-13(17)11-7-9(16)3-4-12(11)18-14/h3-4,7,10,18H,2,5-6,8H2,1H3. The molecule has 1 N–H and O–H groups in total. The van der Waals surface area contributed by atoms with Crippen molar-refractivity contribution in [2.75, 3.05) is 18.1 Å². The van der Waals surface area contributed by atoms with Gasteiger partial charge >= 0.3 is 0 Å². The van der Waals surface area contributed by atoms with E-state index < -0.39 is 9.84 Å². The van der Waals surface area contributed by atoms with E-state index in [0.717, 1.165) is 5.52 Å². The lowest BCUT2D eigenvalue weighted by atomic mass is 10.2. The average Bonchev–Trinajstić information content (AvgIpc) is 3.00. The molecule has 1 amide bonds. The molecule has 0 radical (unpaired) electrons. The number of nitrogens with one attached hydrogen (secondary N) is 1. The van der Waals surface area contributed by atoms with E-state index in [1.165, 1.54) is 0 Å². The van der Waals surface area contributed by atoms with E-state index in [-0.39, 0.29) is 29.1 Å². The Balaban J connectivity index is 1.97. The summed E-state index contributed by atoms with van der Waals surface area (Å²) in [5.74, 6) is -0.153. The van der Waals surface area contributed by atoms with Crippen molar-refractivity contribution >= 4 is 49.8 Å². The molecule has 124 valence electrons. The highest BCUT2D eigenvalue weighted by atomic mass is 35.5. The second-order valence-electron chi connectivity index (χ2n) is 5.65. The summed E-state index contributed by atoms with van der Waals surface area (Å²) in [6.07, 6.45) is 0.464. The van der Waals surface area contributed by atoms with E-state index in [1.54, 1.807) is 23.1 Å². The molecule has 1 aromatic heterocycles. The second kappa shape index (κ2) is 6.00. The smallest absolute Gasteiger partial charge is 0.272 e. The molecule has 0 spiro atoms. The third-order valence-corrected chi connectivity index (χ3v) is 6.54. The van der Waals surface area contributed by atoms with Crippen LogP contribution in [0.2, 0.25) is 10.0 Å². The number of carbonyl (C=O) groups is 1. The number of halogens is 2. The van der Waals surface area contributed by atoms with Crippen molar-refractivity contribution < 1.29 is 13.2 Å². The molecule has 23 heavy (non-hydrogen) atoms. The normalized spacial score (nSPS) is 20.0. The van der Waals surface area contributed by atoms with E-state index in [4.69, 9.17) is 23.2 Å². The van der Waals surface area contributed by atoms with E-state index in [2.05, 4.69) is 4.98 Å². The van der Waals surface area contributed by atoms with Crippen LogP contribution < -0.4 is 0 Å². The predicted octanol–water partition coefficient (Wildman–Crippen LogP) is 3.12. The molecular weight excluding hydrogens is 359 g/mol. The zero-order valence-corrected chi connectivity index (χ0v) is 14.8. The number of H-pyrrole nitrogens is 1. The maximum absolute atomic E-state index is 12.8. The maximum atomic E-state index is 12.8. The molecule has 1 fully saturated rings. The minimum Gasteiger partial charge on any atom is -0.349 e. The number of hydrogen-bond acceptors (Lipinski definition) is 3. The lowest BCUT2D eigenvalue weighted by molar-refractivity contribution is 0.0703. The van der Waals surface area contributed by atoms with Gasteiger partial charge < -0.3 is 9.88 Å². The van der Waals surface area contributed by atoms with Crippen LogP contribution in [0.25, 0.3) is 10.9 Å². The molecule has 0 bridgehead atoms. The van der Waals surface area contributed by atoms with Crippen LogP contribution in [0.5, 0.6) is 0 Å². The Kier molecular flexibility index (Phi) is 4.33. The Labute approximate surface area is 144 Å². The van der Waals surface area contributed by atoms with Crippen molar-refractivity contribution in [2.24, 2.45) is 0 Å². The molecule has 5 nitrogen and oxygen atoms in total. The second-order valence-corrected chi connectivity index (χ2v) is 8.70. The number of benzene rings is 1. The maximum Gasteiger partial charge on any atom is 0.272 e. The minimum atomic E-state index is -3.06. The van der Waals surface area contributed by atoms with Crippen molar-refractivity contribution in [3.05, 3.63) is 33.9 Å². The number of sulfone groups is 1. The third-order valence-electron chi connectivity index (χ3n) is 4.16. The summed E-state index contributed by atoms with van der Waals surface area (Å²) in [6, 6.07) is 4.87. The van der Waals surface area contributed by atoms with Crippen LogP contribution in [0, 0.1) is 0 Å². The first-order valence-electron chi connectivity index (χ1n) is 7.30. The van der Waals surface area contributed by atoms with Gasteiger partial charge in [-0.2, -0.15) is 0 Å². The Morgan fingerprint density at radius 1 is 1.39 bits per heavy atom. The number of aromatic nitrogens is 1. The highest BCUT2D eigenvalue weighted by Gasteiger charge is 2.35.